The summed E-state index contributed by atoms with van der Waals surface area (Å²) in [6.45, 7) is 1.80. The lowest BCUT2D eigenvalue weighted by Crippen LogP contribution is -2.11. The van der Waals surface area contributed by atoms with Crippen LogP contribution in [-0.4, -0.2) is 18.7 Å². The van der Waals surface area contributed by atoms with Crippen molar-refractivity contribution in [3.8, 4) is 0 Å². The normalized spacial score (nSPS) is 11.7. The monoisotopic (exact) mass is 299 g/mol. The summed E-state index contributed by atoms with van der Waals surface area (Å²) >= 11 is 0. The highest BCUT2D eigenvalue weighted by Gasteiger charge is 2.20. The molecule has 1 aromatic heterocycles. The average Bonchev–Trinajstić information content (AvgIpc) is 2.86. The molecule has 4 nitrogen and oxygen atoms in total. The van der Waals surface area contributed by atoms with Gasteiger partial charge in [-0.05, 0) is 30.7 Å². The Bertz CT molecular complexity index is 925. The van der Waals surface area contributed by atoms with E-state index in [4.69, 9.17) is 0 Å². The van der Waals surface area contributed by atoms with E-state index in [1.807, 2.05) is 0 Å². The molecule has 5 heteroatoms. The lowest BCUT2D eigenvalue weighted by molar-refractivity contribution is 0.112. The smallest absolute Gasteiger partial charge is 0.268 e. The molecule has 0 aliphatic rings. The third kappa shape index (κ3) is 2.06. The second-order valence-corrected chi connectivity index (χ2v) is 6.60. The molecule has 3 aromatic rings. The van der Waals surface area contributed by atoms with Gasteiger partial charge in [-0.15, -0.1) is 0 Å². The molecule has 0 bridgehead atoms. The maximum Gasteiger partial charge on any atom is 0.268 e. The fraction of sp³-hybridized carbons (Fsp3) is 0.0625. The van der Waals surface area contributed by atoms with Crippen LogP contribution in [0.15, 0.2) is 59.6 Å². The Balaban J connectivity index is 2.35. The van der Waals surface area contributed by atoms with Crippen LogP contribution < -0.4 is 0 Å². The largest absolute Gasteiger partial charge is 0.298 e. The molecular formula is C16H13NO3S. The molecule has 0 atom stereocenters. The Labute approximate surface area is 122 Å². The molecule has 0 unspecified atom stereocenters. The molecule has 0 saturated heterocycles. The van der Waals surface area contributed by atoms with Crippen molar-refractivity contribution in [1.29, 1.82) is 0 Å². The summed E-state index contributed by atoms with van der Waals surface area (Å²) < 4.78 is 26.7. The first-order valence-corrected chi connectivity index (χ1v) is 7.86. The van der Waals surface area contributed by atoms with Crippen LogP contribution in [0.3, 0.4) is 0 Å². The molecule has 0 saturated carbocycles. The van der Waals surface area contributed by atoms with Crippen molar-refractivity contribution in [2.24, 2.45) is 0 Å². The van der Waals surface area contributed by atoms with Crippen LogP contribution in [0, 0.1) is 6.92 Å². The number of benzene rings is 2. The van der Waals surface area contributed by atoms with Crippen LogP contribution in [-0.2, 0) is 10.0 Å². The van der Waals surface area contributed by atoms with Gasteiger partial charge >= 0.3 is 0 Å². The maximum absolute atomic E-state index is 12.7. The van der Waals surface area contributed by atoms with Gasteiger partial charge in [0.15, 0.2) is 6.29 Å². The summed E-state index contributed by atoms with van der Waals surface area (Å²) in [5.41, 5.74) is 1.76. The second-order valence-electron chi connectivity index (χ2n) is 4.79. The average molecular weight is 299 g/mol. The standard InChI is InChI=1S/C16H13NO3S/c1-12-10-17(15-9-5-6-13(11-18)16(12)15)21(19,20)14-7-3-2-4-8-14/h2-11H,1H3. The van der Waals surface area contributed by atoms with Crippen LogP contribution >= 0.6 is 0 Å². The molecule has 0 N–H and O–H groups in total. The van der Waals surface area contributed by atoms with Gasteiger partial charge in [-0.3, -0.25) is 4.79 Å². The van der Waals surface area contributed by atoms with Crippen molar-refractivity contribution < 1.29 is 13.2 Å². The number of carbonyl (C=O) groups excluding carboxylic acids is 1. The Morgan fingerprint density at radius 3 is 2.38 bits per heavy atom. The first kappa shape index (κ1) is 13.6. The van der Waals surface area contributed by atoms with Crippen LogP contribution in [0.5, 0.6) is 0 Å². The van der Waals surface area contributed by atoms with E-state index in [1.54, 1.807) is 61.7 Å². The molecule has 0 aliphatic carbocycles. The molecular weight excluding hydrogens is 286 g/mol. The van der Waals surface area contributed by atoms with Gasteiger partial charge in [0.1, 0.15) is 0 Å². The van der Waals surface area contributed by atoms with Gasteiger partial charge in [-0.25, -0.2) is 12.4 Å². The van der Waals surface area contributed by atoms with Crippen molar-refractivity contribution in [3.05, 3.63) is 65.9 Å². The predicted octanol–water partition coefficient (Wildman–Crippen LogP) is 3.00. The minimum atomic E-state index is -3.67. The highest BCUT2D eigenvalue weighted by atomic mass is 32.2. The molecule has 1 heterocycles. The summed E-state index contributed by atoms with van der Waals surface area (Å²) in [5.74, 6) is 0. The summed E-state index contributed by atoms with van der Waals surface area (Å²) in [4.78, 5) is 11.4. The fourth-order valence-corrected chi connectivity index (χ4v) is 3.92. The molecule has 106 valence electrons. The van der Waals surface area contributed by atoms with Gasteiger partial charge < -0.3 is 0 Å². The number of carbonyl (C=O) groups is 1. The van der Waals surface area contributed by atoms with E-state index in [0.29, 0.717) is 16.5 Å². The summed E-state index contributed by atoms with van der Waals surface area (Å²) in [5, 5.41) is 0.673. The number of hydrogen-bond donors (Lipinski definition) is 0. The molecule has 0 fully saturated rings. The van der Waals surface area contributed by atoms with Crippen LogP contribution in [0.1, 0.15) is 15.9 Å². The van der Waals surface area contributed by atoms with E-state index in [9.17, 15) is 13.2 Å². The summed E-state index contributed by atoms with van der Waals surface area (Å²) in [6, 6.07) is 13.3. The van der Waals surface area contributed by atoms with E-state index in [0.717, 1.165) is 11.8 Å². The molecule has 0 amide bonds. The number of fused-ring (bicyclic) bond motifs is 1. The minimum absolute atomic E-state index is 0.221. The van der Waals surface area contributed by atoms with Gasteiger partial charge in [0, 0.05) is 17.1 Å². The quantitative estimate of drug-likeness (QED) is 0.699. The zero-order chi connectivity index (χ0) is 15.0. The van der Waals surface area contributed by atoms with Gasteiger partial charge in [-0.1, -0.05) is 30.3 Å². The van der Waals surface area contributed by atoms with Crippen molar-refractivity contribution in [1.82, 2.24) is 3.97 Å². The first-order chi connectivity index (χ1) is 10.1. The molecule has 0 radical (unpaired) electrons. The van der Waals surface area contributed by atoms with Crippen molar-refractivity contribution >= 4 is 27.2 Å². The van der Waals surface area contributed by atoms with E-state index in [1.165, 1.54) is 3.97 Å². The van der Waals surface area contributed by atoms with Crippen LogP contribution in [0.25, 0.3) is 10.9 Å². The van der Waals surface area contributed by atoms with Crippen molar-refractivity contribution in [2.75, 3.05) is 0 Å². The predicted molar refractivity (Wildman–Crippen MR) is 81.1 cm³/mol. The van der Waals surface area contributed by atoms with Gasteiger partial charge in [0.05, 0.1) is 10.4 Å². The van der Waals surface area contributed by atoms with Crippen LogP contribution in [0.2, 0.25) is 0 Å². The molecule has 3 rings (SSSR count). The van der Waals surface area contributed by atoms with E-state index >= 15 is 0 Å². The SMILES string of the molecule is Cc1cn(S(=O)(=O)c2ccccc2)c2cccc(C=O)c12. The van der Waals surface area contributed by atoms with E-state index in [-0.39, 0.29) is 4.90 Å². The lowest BCUT2D eigenvalue weighted by atomic mass is 10.1. The third-order valence-electron chi connectivity index (χ3n) is 3.44. The number of aldehydes is 1. The lowest BCUT2D eigenvalue weighted by Gasteiger charge is -2.07. The number of aromatic nitrogens is 1. The molecule has 0 spiro atoms. The summed E-state index contributed by atoms with van der Waals surface area (Å²) in [6.07, 6.45) is 2.30. The van der Waals surface area contributed by atoms with Crippen molar-refractivity contribution in [3.63, 3.8) is 0 Å². The zero-order valence-corrected chi connectivity index (χ0v) is 12.2. The Hall–Kier alpha value is -2.40. The molecule has 21 heavy (non-hydrogen) atoms. The third-order valence-corrected chi connectivity index (χ3v) is 5.13. The second kappa shape index (κ2) is 4.86. The van der Waals surface area contributed by atoms with Gasteiger partial charge in [0.25, 0.3) is 10.0 Å². The number of rotatable bonds is 3. The minimum Gasteiger partial charge on any atom is -0.298 e. The molecule has 0 aliphatic heterocycles. The van der Waals surface area contributed by atoms with Crippen LogP contribution in [0.4, 0.5) is 0 Å². The fourth-order valence-electron chi connectivity index (χ4n) is 2.48. The number of hydrogen-bond acceptors (Lipinski definition) is 3. The highest BCUT2D eigenvalue weighted by molar-refractivity contribution is 7.90. The first-order valence-electron chi connectivity index (χ1n) is 6.42. The number of nitrogens with zero attached hydrogens (tertiary/aromatic N) is 1. The Morgan fingerprint density at radius 2 is 1.71 bits per heavy atom. The Kier molecular flexibility index (Phi) is 3.14. The highest BCUT2D eigenvalue weighted by Crippen LogP contribution is 2.27. The van der Waals surface area contributed by atoms with Gasteiger partial charge in [0.2, 0.25) is 0 Å². The van der Waals surface area contributed by atoms with Gasteiger partial charge in [-0.2, -0.15) is 0 Å². The zero-order valence-electron chi connectivity index (χ0n) is 11.4. The molecule has 2 aromatic carbocycles. The number of aryl methyl sites for hydroxylation is 1. The topological polar surface area (TPSA) is 56.1 Å². The van der Waals surface area contributed by atoms with E-state index < -0.39 is 10.0 Å². The Morgan fingerprint density at radius 1 is 1.00 bits per heavy atom. The van der Waals surface area contributed by atoms with E-state index in [2.05, 4.69) is 0 Å². The summed E-state index contributed by atoms with van der Waals surface area (Å²) in [7, 11) is -3.67. The maximum atomic E-state index is 12.7. The van der Waals surface area contributed by atoms with Crippen molar-refractivity contribution in [2.45, 2.75) is 11.8 Å².